The predicted octanol–water partition coefficient (Wildman–Crippen LogP) is 2.35. The van der Waals surface area contributed by atoms with Gasteiger partial charge in [0, 0.05) is 25.1 Å². The first-order chi connectivity index (χ1) is 19.1. The van der Waals surface area contributed by atoms with Crippen molar-refractivity contribution in [3.63, 3.8) is 0 Å². The molecular formula is C28H40N6O6. The third-order valence-electron chi connectivity index (χ3n) is 6.85. The van der Waals surface area contributed by atoms with E-state index >= 15 is 0 Å². The fourth-order valence-electron chi connectivity index (χ4n) is 4.00. The second kappa shape index (κ2) is 13.1. The van der Waals surface area contributed by atoms with Crippen molar-refractivity contribution in [2.75, 3.05) is 26.3 Å². The molecule has 12 heteroatoms. The molecule has 2 aromatic rings. The molecule has 2 fully saturated rings. The fraction of sp³-hybridized carbons (Fsp3) is 0.571. The van der Waals surface area contributed by atoms with Crippen LogP contribution in [0.3, 0.4) is 0 Å². The van der Waals surface area contributed by atoms with Gasteiger partial charge in [0.25, 0.3) is 0 Å². The Morgan fingerprint density at radius 3 is 2.38 bits per heavy atom. The number of nitrogens with two attached hydrogens (primary N) is 1. The van der Waals surface area contributed by atoms with Gasteiger partial charge in [-0.1, -0.05) is 30.3 Å². The normalized spacial score (nSPS) is 15.8. The van der Waals surface area contributed by atoms with Crippen molar-refractivity contribution in [3.8, 4) is 5.88 Å². The Bertz CT molecular complexity index is 1170. The highest BCUT2D eigenvalue weighted by Gasteiger charge is 2.32. The number of benzene rings is 1. The average molecular weight is 557 g/mol. The smallest absolute Gasteiger partial charge is 0.407 e. The second-order valence-electron chi connectivity index (χ2n) is 11.2. The van der Waals surface area contributed by atoms with Gasteiger partial charge in [-0.3, -0.25) is 4.79 Å². The van der Waals surface area contributed by atoms with Gasteiger partial charge in [0.15, 0.2) is 0 Å². The molecule has 3 amide bonds. The maximum atomic E-state index is 12.9. The van der Waals surface area contributed by atoms with Gasteiger partial charge in [0.05, 0.1) is 37.1 Å². The minimum Gasteiger partial charge on any atom is -0.493 e. The lowest BCUT2D eigenvalue weighted by Crippen LogP contribution is -2.50. The highest BCUT2D eigenvalue weighted by atomic mass is 16.5. The van der Waals surface area contributed by atoms with Crippen molar-refractivity contribution >= 4 is 18.0 Å². The molecule has 0 bridgehead atoms. The molecule has 1 aromatic heterocycles. The van der Waals surface area contributed by atoms with Crippen LogP contribution in [0.1, 0.15) is 62.4 Å². The van der Waals surface area contributed by atoms with Crippen LogP contribution in [0.15, 0.2) is 30.3 Å². The zero-order chi connectivity index (χ0) is 28.7. The Balaban J connectivity index is 1.53. The number of amides is 3. The molecule has 6 N–H and O–H groups in total. The molecule has 40 heavy (non-hydrogen) atoms. The van der Waals surface area contributed by atoms with E-state index < -0.39 is 29.6 Å². The second-order valence-corrected chi connectivity index (χ2v) is 11.2. The summed E-state index contributed by atoms with van der Waals surface area (Å²) < 4.78 is 12.1. The van der Waals surface area contributed by atoms with E-state index in [1.807, 2.05) is 30.3 Å². The molecule has 1 atom stereocenters. The van der Waals surface area contributed by atoms with Crippen molar-refractivity contribution in [3.05, 3.63) is 47.2 Å². The van der Waals surface area contributed by atoms with E-state index in [0.29, 0.717) is 24.9 Å². The van der Waals surface area contributed by atoms with Crippen LogP contribution >= 0.6 is 0 Å². The van der Waals surface area contributed by atoms with Crippen molar-refractivity contribution in [1.82, 2.24) is 25.7 Å². The summed E-state index contributed by atoms with van der Waals surface area (Å²) in [6.45, 7) is 4.38. The average Bonchev–Trinajstić information content (AvgIpc) is 3.85. The van der Waals surface area contributed by atoms with Crippen LogP contribution < -0.4 is 21.7 Å². The maximum absolute atomic E-state index is 12.9. The van der Waals surface area contributed by atoms with Crippen LogP contribution in [0.5, 0.6) is 5.88 Å². The number of hydrogen-bond acceptors (Lipinski definition) is 8. The first-order valence-corrected chi connectivity index (χ1v) is 13.8. The zero-order valence-electron chi connectivity index (χ0n) is 23.2. The van der Waals surface area contributed by atoms with Crippen LogP contribution in [0, 0.1) is 11.8 Å². The number of nitrogens with zero attached hydrogens (tertiary/aromatic N) is 2. The topological polar surface area (TPSA) is 170 Å². The third kappa shape index (κ3) is 8.68. The first kappa shape index (κ1) is 29.3. The summed E-state index contributed by atoms with van der Waals surface area (Å²) in [5.74, 6) is 0.0743. The van der Waals surface area contributed by atoms with Gasteiger partial charge in [0.2, 0.25) is 11.8 Å². The Morgan fingerprint density at radius 2 is 1.75 bits per heavy atom. The largest absolute Gasteiger partial charge is 0.493 e. The van der Waals surface area contributed by atoms with E-state index in [0.717, 1.165) is 35.9 Å². The van der Waals surface area contributed by atoms with Crippen LogP contribution in [-0.4, -0.2) is 64.8 Å². The van der Waals surface area contributed by atoms with E-state index in [4.69, 9.17) is 15.2 Å². The van der Waals surface area contributed by atoms with Crippen LogP contribution in [0.25, 0.3) is 0 Å². The zero-order valence-corrected chi connectivity index (χ0v) is 23.2. The number of carbonyl (C=O) groups is 3. The molecular weight excluding hydrogens is 516 g/mol. The summed E-state index contributed by atoms with van der Waals surface area (Å²) >= 11 is 0. The van der Waals surface area contributed by atoms with Crippen molar-refractivity contribution < 1.29 is 29.0 Å². The Labute approximate surface area is 234 Å². The van der Waals surface area contributed by atoms with E-state index in [9.17, 15) is 19.5 Å². The summed E-state index contributed by atoms with van der Waals surface area (Å²) in [5.41, 5.74) is 6.26. The molecule has 1 heterocycles. The number of aromatic hydroxyl groups is 1. The minimum absolute atomic E-state index is 0.00735. The number of rotatable bonds is 14. The maximum Gasteiger partial charge on any atom is 0.407 e. The first-order valence-electron chi connectivity index (χ1n) is 13.8. The van der Waals surface area contributed by atoms with Gasteiger partial charge >= 0.3 is 12.1 Å². The quantitative estimate of drug-likeness (QED) is 0.236. The SMILES string of the molecule is CC(C)(N)C(=O)N[C@@H](COCc1ccccc1)c1nn(C(=O)NCC2CC2)c(O)c1CCOC(=O)NCC1CC1. The molecule has 0 spiro atoms. The highest BCUT2D eigenvalue weighted by molar-refractivity contribution is 5.85. The van der Waals surface area contributed by atoms with Gasteiger partial charge in [-0.15, -0.1) is 4.68 Å². The Hall–Kier alpha value is -3.64. The molecule has 0 unspecified atom stereocenters. The summed E-state index contributed by atoms with van der Waals surface area (Å²) in [5, 5.41) is 23.8. The van der Waals surface area contributed by atoms with Gasteiger partial charge < -0.3 is 36.3 Å². The molecule has 0 aliphatic heterocycles. The number of carbonyl (C=O) groups excluding carboxylic acids is 3. The lowest BCUT2D eigenvalue weighted by Gasteiger charge is -2.24. The van der Waals surface area contributed by atoms with Crippen molar-refractivity contribution in [2.45, 2.75) is 64.1 Å². The molecule has 1 aromatic carbocycles. The molecule has 4 rings (SSSR count). The molecule has 218 valence electrons. The molecule has 0 saturated heterocycles. The highest BCUT2D eigenvalue weighted by Crippen LogP contribution is 2.30. The standard InChI is InChI=1S/C28H40N6O6/c1-28(2,29)25(36)32-22(17-39-16-20-6-4-3-5-7-20)23-21(12-13-40-27(38)31-15-19-10-11-19)24(35)34(33-23)26(37)30-14-18-8-9-18/h3-7,18-19,22,35H,8-17,29H2,1-2H3,(H,30,37)(H,31,38)(H,32,36)/t22-/m0/s1. The third-order valence-corrected chi connectivity index (χ3v) is 6.85. The fourth-order valence-corrected chi connectivity index (χ4v) is 4.00. The molecule has 2 aliphatic rings. The molecule has 2 saturated carbocycles. The van der Waals surface area contributed by atoms with Crippen molar-refractivity contribution in [1.29, 1.82) is 0 Å². The summed E-state index contributed by atoms with van der Waals surface area (Å²) in [6.07, 6.45) is 3.79. The lowest BCUT2D eigenvalue weighted by atomic mass is 10.0. The number of ether oxygens (including phenoxy) is 2. The summed E-state index contributed by atoms with van der Waals surface area (Å²) in [4.78, 5) is 37.9. The van der Waals surface area contributed by atoms with Crippen molar-refractivity contribution in [2.24, 2.45) is 17.6 Å². The van der Waals surface area contributed by atoms with Gasteiger partial charge in [-0.25, -0.2) is 9.59 Å². The number of alkyl carbamates (subject to hydrolysis) is 1. The Morgan fingerprint density at radius 1 is 1.10 bits per heavy atom. The molecule has 2 aliphatic carbocycles. The monoisotopic (exact) mass is 556 g/mol. The van der Waals surface area contributed by atoms with Gasteiger partial charge in [-0.2, -0.15) is 5.10 Å². The molecule has 12 nitrogen and oxygen atoms in total. The van der Waals surface area contributed by atoms with E-state index in [1.165, 1.54) is 0 Å². The van der Waals surface area contributed by atoms with E-state index in [1.54, 1.807) is 13.8 Å². The summed E-state index contributed by atoms with van der Waals surface area (Å²) in [7, 11) is 0. The number of nitrogens with one attached hydrogen (secondary N) is 3. The lowest BCUT2D eigenvalue weighted by molar-refractivity contribution is -0.126. The summed E-state index contributed by atoms with van der Waals surface area (Å²) in [6, 6.07) is 8.09. The Kier molecular flexibility index (Phi) is 9.64. The predicted molar refractivity (Wildman–Crippen MR) is 146 cm³/mol. The van der Waals surface area contributed by atoms with Crippen LogP contribution in [0.2, 0.25) is 0 Å². The number of aromatic nitrogens is 2. The van der Waals surface area contributed by atoms with Gasteiger partial charge in [0.1, 0.15) is 0 Å². The van der Waals surface area contributed by atoms with E-state index in [2.05, 4.69) is 21.0 Å². The number of hydrogen-bond donors (Lipinski definition) is 5. The minimum atomic E-state index is -1.20. The van der Waals surface area contributed by atoms with Crippen LogP contribution in [0.4, 0.5) is 9.59 Å². The molecule has 0 radical (unpaired) electrons. The van der Waals surface area contributed by atoms with E-state index in [-0.39, 0.29) is 43.4 Å². The van der Waals surface area contributed by atoms with Gasteiger partial charge in [-0.05, 0) is 56.9 Å². The van der Waals surface area contributed by atoms with Crippen LogP contribution in [-0.2, 0) is 27.3 Å².